The largest absolute Gasteiger partial charge is 0.400 e. The Labute approximate surface area is 354 Å². The van der Waals surface area contributed by atoms with E-state index in [9.17, 15) is 14.4 Å². The molecule has 2 bridgehead atoms. The fourth-order valence-corrected chi connectivity index (χ4v) is 10.7. The van der Waals surface area contributed by atoms with Gasteiger partial charge >= 0.3 is 0 Å². The summed E-state index contributed by atoms with van der Waals surface area (Å²) in [4.78, 5) is 50.1. The van der Waals surface area contributed by atoms with Gasteiger partial charge in [0, 0.05) is 115 Å². The molecule has 9 rings (SSSR count). The molecule has 5 heterocycles. The van der Waals surface area contributed by atoms with Crippen LogP contribution in [0.2, 0.25) is 0 Å². The number of aldehydes is 2. The Morgan fingerprint density at radius 1 is 0.867 bits per heavy atom. The summed E-state index contributed by atoms with van der Waals surface area (Å²) in [6.45, 7) is 10.6. The van der Waals surface area contributed by atoms with Gasteiger partial charge in [0.2, 0.25) is 0 Å². The van der Waals surface area contributed by atoms with E-state index in [2.05, 4.69) is 63.5 Å². The molecule has 3 aliphatic heterocycles. The summed E-state index contributed by atoms with van der Waals surface area (Å²) in [7, 11) is 6.83. The summed E-state index contributed by atoms with van der Waals surface area (Å²) >= 11 is 0. The molecule has 2 aromatic carbocycles. The molecule has 2 aliphatic carbocycles. The highest BCUT2D eigenvalue weighted by Gasteiger charge is 2.53. The number of amides is 1. The number of nitrogens with one attached hydrogen (secondary N) is 2. The van der Waals surface area contributed by atoms with Gasteiger partial charge in [-0.3, -0.25) is 19.4 Å². The Balaban J connectivity index is 0.000000188. The molecule has 2 saturated carbocycles. The van der Waals surface area contributed by atoms with E-state index in [4.69, 9.17) is 14.8 Å². The van der Waals surface area contributed by atoms with Crippen LogP contribution < -0.4 is 10.6 Å². The number of aromatic nitrogens is 4. The molecule has 13 heteroatoms. The maximum absolute atomic E-state index is 13.4. The molecule has 60 heavy (non-hydrogen) atoms. The van der Waals surface area contributed by atoms with Crippen molar-refractivity contribution in [3.63, 3.8) is 0 Å². The number of fused-ring (bicyclic) bond motifs is 4. The molecule has 0 unspecified atom stereocenters. The van der Waals surface area contributed by atoms with Crippen molar-refractivity contribution in [1.82, 2.24) is 28.9 Å². The predicted molar refractivity (Wildman–Crippen MR) is 234 cm³/mol. The van der Waals surface area contributed by atoms with E-state index in [1.165, 1.54) is 42.5 Å². The minimum atomic E-state index is -0.166. The number of carbonyl (C=O) groups excluding carboxylic acids is 3. The zero-order valence-electron chi connectivity index (χ0n) is 36.5. The summed E-state index contributed by atoms with van der Waals surface area (Å²) in [5.74, 6) is 0.847. The highest BCUT2D eigenvalue weighted by molar-refractivity contribution is 6.03. The smallest absolute Gasteiger partial charge is 0.291 e. The van der Waals surface area contributed by atoms with Crippen molar-refractivity contribution in [2.24, 2.45) is 24.9 Å². The SMILES string of the molecule is CNc1cccc(-c2cccc(NC(=O)c3nc4c(n3C)CCN(C3CCOCC3)C4)c2C)c1C.CO.Cn1c(C=O)nc2c1CCN(CCC13CCC(C=O)(CC1)C3)C2. The molecule has 5 aliphatic rings. The second-order valence-corrected chi connectivity index (χ2v) is 17.6. The van der Waals surface area contributed by atoms with Crippen LogP contribution >= 0.6 is 0 Å². The van der Waals surface area contributed by atoms with Crippen LogP contribution in [0.25, 0.3) is 11.1 Å². The van der Waals surface area contributed by atoms with Crippen molar-refractivity contribution < 1.29 is 24.2 Å². The van der Waals surface area contributed by atoms with Crippen molar-refractivity contribution in [2.45, 2.75) is 97.2 Å². The molecule has 0 spiro atoms. The number of hydrogen-bond donors (Lipinski definition) is 3. The van der Waals surface area contributed by atoms with Gasteiger partial charge in [-0.1, -0.05) is 24.3 Å². The van der Waals surface area contributed by atoms with Crippen LogP contribution in [0.15, 0.2) is 36.4 Å². The highest BCUT2D eigenvalue weighted by Crippen LogP contribution is 2.62. The van der Waals surface area contributed by atoms with Crippen LogP contribution in [0.4, 0.5) is 11.4 Å². The van der Waals surface area contributed by atoms with E-state index in [0.29, 0.717) is 23.1 Å². The Morgan fingerprint density at radius 3 is 2.15 bits per heavy atom. The van der Waals surface area contributed by atoms with E-state index in [0.717, 1.165) is 144 Å². The molecule has 0 atom stereocenters. The third-order valence-corrected chi connectivity index (χ3v) is 14.4. The van der Waals surface area contributed by atoms with Gasteiger partial charge in [0.15, 0.2) is 17.9 Å². The minimum Gasteiger partial charge on any atom is -0.400 e. The predicted octanol–water partition coefficient (Wildman–Crippen LogP) is 6.27. The first-order valence-electron chi connectivity index (χ1n) is 21.7. The van der Waals surface area contributed by atoms with Gasteiger partial charge in [0.1, 0.15) is 6.29 Å². The number of rotatable bonds is 10. The van der Waals surface area contributed by atoms with Gasteiger partial charge in [-0.15, -0.1) is 0 Å². The van der Waals surface area contributed by atoms with Crippen molar-refractivity contribution in [3.8, 4) is 11.1 Å². The first-order chi connectivity index (χ1) is 29.1. The van der Waals surface area contributed by atoms with Crippen LogP contribution in [0.3, 0.4) is 0 Å². The van der Waals surface area contributed by atoms with Crippen molar-refractivity contribution in [3.05, 3.63) is 81.9 Å². The third kappa shape index (κ3) is 8.59. The van der Waals surface area contributed by atoms with Gasteiger partial charge in [-0.25, -0.2) is 9.97 Å². The lowest BCUT2D eigenvalue weighted by Crippen LogP contribution is -2.42. The van der Waals surface area contributed by atoms with E-state index in [1.807, 2.05) is 42.4 Å². The Hall–Kier alpha value is -4.69. The maximum Gasteiger partial charge on any atom is 0.291 e. The molecular weight excluding hydrogens is 757 g/mol. The van der Waals surface area contributed by atoms with Gasteiger partial charge in [0.25, 0.3) is 5.91 Å². The molecular formula is C47H64N8O5. The molecule has 13 nitrogen and oxygen atoms in total. The van der Waals surface area contributed by atoms with Crippen LogP contribution in [-0.4, -0.2) is 106 Å². The monoisotopic (exact) mass is 820 g/mol. The highest BCUT2D eigenvalue weighted by atomic mass is 16.5. The quantitative estimate of drug-likeness (QED) is 0.157. The Kier molecular flexibility index (Phi) is 13.4. The first-order valence-corrected chi connectivity index (χ1v) is 21.7. The zero-order valence-corrected chi connectivity index (χ0v) is 36.5. The summed E-state index contributed by atoms with van der Waals surface area (Å²) in [6, 6.07) is 12.9. The van der Waals surface area contributed by atoms with E-state index in [-0.39, 0.29) is 11.3 Å². The second kappa shape index (κ2) is 18.5. The van der Waals surface area contributed by atoms with E-state index in [1.54, 1.807) is 0 Å². The molecule has 3 N–H and O–H groups in total. The fourth-order valence-electron chi connectivity index (χ4n) is 10.7. The topological polar surface area (TPSA) is 147 Å². The summed E-state index contributed by atoms with van der Waals surface area (Å²) in [5, 5.41) is 13.4. The van der Waals surface area contributed by atoms with Crippen LogP contribution in [0.1, 0.15) is 107 Å². The minimum absolute atomic E-state index is 0.0227. The average molecular weight is 821 g/mol. The van der Waals surface area contributed by atoms with Crippen LogP contribution in [0.5, 0.6) is 0 Å². The fraction of sp³-hybridized carbons (Fsp3) is 0.553. The molecule has 322 valence electrons. The number of ether oxygens (including phenoxy) is 1. The van der Waals surface area contributed by atoms with Crippen molar-refractivity contribution >= 4 is 29.9 Å². The van der Waals surface area contributed by atoms with E-state index >= 15 is 0 Å². The number of benzene rings is 2. The van der Waals surface area contributed by atoms with Crippen molar-refractivity contribution in [2.75, 3.05) is 57.6 Å². The Bertz CT molecular complexity index is 2180. The number of carbonyl (C=O) groups is 3. The third-order valence-electron chi connectivity index (χ3n) is 14.4. The number of hydrogen-bond acceptors (Lipinski definition) is 10. The normalized spacial score (nSPS) is 22.4. The molecule has 4 aromatic rings. The molecule has 1 amide bonds. The molecule has 2 aromatic heterocycles. The maximum atomic E-state index is 13.4. The second-order valence-electron chi connectivity index (χ2n) is 17.6. The number of anilines is 2. The standard InChI is InChI=1S/C28H35N5O2.C18H25N3O2.CH4O/c1-18-21(7-5-9-23(18)29-3)22-8-6-10-24(19(22)2)31-28(34)27-30-25-17-33(14-11-26(25)32(27)4)20-12-15-35-16-13-20;1-20-15-2-8-21(10-14(15)19-16(20)11-22)9-7-17-3-5-18(12-17,13-23)6-4-17;1-2/h5-10,20,29H,11-17H2,1-4H3,(H,31,34);11,13H,2-10,12H2,1H3;2H,1H3. The molecule has 3 fully saturated rings. The van der Waals surface area contributed by atoms with Crippen molar-refractivity contribution in [1.29, 1.82) is 0 Å². The van der Waals surface area contributed by atoms with Gasteiger partial charge in [-0.2, -0.15) is 0 Å². The summed E-state index contributed by atoms with van der Waals surface area (Å²) in [5.41, 5.74) is 11.3. The number of aliphatic hydroxyl groups excluding tert-OH is 1. The Morgan fingerprint density at radius 2 is 1.50 bits per heavy atom. The van der Waals surface area contributed by atoms with Crippen LogP contribution in [-0.2, 0) is 49.6 Å². The summed E-state index contributed by atoms with van der Waals surface area (Å²) in [6.07, 6.45) is 13.1. The van der Waals surface area contributed by atoms with Gasteiger partial charge in [-0.05, 0) is 112 Å². The van der Waals surface area contributed by atoms with Crippen LogP contribution in [0, 0.1) is 24.7 Å². The number of aliphatic hydroxyl groups is 1. The lowest BCUT2D eigenvalue weighted by atomic mass is 9.80. The number of nitrogens with zero attached hydrogens (tertiary/aromatic N) is 6. The lowest BCUT2D eigenvalue weighted by Gasteiger charge is -2.36. The lowest BCUT2D eigenvalue weighted by molar-refractivity contribution is -0.115. The van der Waals surface area contributed by atoms with Gasteiger partial charge in [0.05, 0.1) is 11.4 Å². The zero-order chi connectivity index (χ0) is 42.6. The van der Waals surface area contributed by atoms with Gasteiger partial charge < -0.3 is 34.4 Å². The molecule has 1 saturated heterocycles. The first kappa shape index (κ1) is 43.4. The number of imidazole rings is 2. The van der Waals surface area contributed by atoms with E-state index < -0.39 is 0 Å². The molecule has 0 radical (unpaired) electrons. The summed E-state index contributed by atoms with van der Waals surface area (Å²) < 4.78 is 9.45. The average Bonchev–Trinajstić information content (AvgIpc) is 4.04.